The van der Waals surface area contributed by atoms with Gasteiger partial charge in [-0.2, -0.15) is 12.3 Å². The summed E-state index contributed by atoms with van der Waals surface area (Å²) in [6, 6.07) is 14.7. The molecule has 0 aromatic heterocycles. The number of aryl methyl sites for hydroxylation is 1. The summed E-state index contributed by atoms with van der Waals surface area (Å²) in [6.45, 7) is 6.30. The number of rotatable bonds is 13. The van der Waals surface area contributed by atoms with Crippen LogP contribution >= 0.6 is 0 Å². The van der Waals surface area contributed by atoms with E-state index in [-0.39, 0.29) is 36.3 Å². The molecule has 0 fully saturated rings. The van der Waals surface area contributed by atoms with Gasteiger partial charge in [-0.3, -0.25) is 4.99 Å². The van der Waals surface area contributed by atoms with Crippen molar-refractivity contribution in [3.8, 4) is 0 Å². The molecule has 0 heterocycles. The monoisotopic (exact) mass is 489 g/mol. The van der Waals surface area contributed by atoms with E-state index in [2.05, 4.69) is 4.99 Å². The fraction of sp³-hybridized carbons (Fsp3) is 0.440. The maximum atomic E-state index is 14.3. The van der Waals surface area contributed by atoms with Gasteiger partial charge in [0.05, 0.1) is 6.54 Å². The summed E-state index contributed by atoms with van der Waals surface area (Å²) in [4.78, 5) is 16.8. The maximum absolute atomic E-state index is 14.3. The van der Waals surface area contributed by atoms with Crippen molar-refractivity contribution in [3.63, 3.8) is 0 Å². The minimum absolute atomic E-state index is 0.0225. The number of guanidine groups is 1. The van der Waals surface area contributed by atoms with Crippen molar-refractivity contribution in [2.24, 2.45) is 22.4 Å². The van der Waals surface area contributed by atoms with E-state index in [0.717, 1.165) is 11.1 Å². The number of benzene rings is 2. The zero-order valence-corrected chi connectivity index (χ0v) is 21.0. The molecule has 186 valence electrons. The standard InChI is InChI=1S/C25H36N4O4S/c1-19(2)17-29(18-21-9-5-4-6-10-21,34(32,33)22-14-12-20(3)13-15-22)23(24(30)31)11-7-8-16-28-25(26)27/h4-6,9-10,12-15,19,23H,7-8,11,16-18H2,1-3H3,(H4-,26,27,28,30,31)/p+1. The van der Waals surface area contributed by atoms with Crippen LogP contribution in [-0.4, -0.2) is 48.5 Å². The number of carboxylic acid groups (broad SMARTS) is 1. The van der Waals surface area contributed by atoms with Crippen LogP contribution in [0, 0.1) is 12.8 Å². The Labute approximate surface area is 202 Å². The number of sulfonamides is 1. The first kappa shape index (κ1) is 27.3. The van der Waals surface area contributed by atoms with Gasteiger partial charge < -0.3 is 16.6 Å². The summed E-state index contributed by atoms with van der Waals surface area (Å²) in [5, 5.41) is 10.4. The van der Waals surface area contributed by atoms with Crippen molar-refractivity contribution >= 4 is 22.0 Å². The first-order valence-corrected chi connectivity index (χ1v) is 12.9. The Bertz CT molecular complexity index is 1070. The van der Waals surface area contributed by atoms with Crippen LogP contribution in [-0.2, 0) is 21.4 Å². The molecule has 0 aliphatic rings. The molecule has 0 spiro atoms. The smallest absolute Gasteiger partial charge is 0.363 e. The summed E-state index contributed by atoms with van der Waals surface area (Å²) < 4.78 is 28.0. The molecule has 0 saturated heterocycles. The highest BCUT2D eigenvalue weighted by Gasteiger charge is 2.52. The van der Waals surface area contributed by atoms with E-state index in [9.17, 15) is 18.3 Å². The number of aliphatic carboxylic acids is 1. The molecule has 34 heavy (non-hydrogen) atoms. The molecule has 0 saturated carbocycles. The average Bonchev–Trinajstić information content (AvgIpc) is 2.76. The minimum Gasteiger partial charge on any atom is -0.477 e. The summed E-state index contributed by atoms with van der Waals surface area (Å²) in [5.41, 5.74) is 12.5. The van der Waals surface area contributed by atoms with E-state index >= 15 is 0 Å². The first-order valence-electron chi connectivity index (χ1n) is 11.5. The number of carboxylic acids is 1. The molecular weight excluding hydrogens is 452 g/mol. The van der Waals surface area contributed by atoms with Crippen molar-refractivity contribution < 1.29 is 22.2 Å². The number of hydrogen-bond donors (Lipinski definition) is 3. The minimum atomic E-state index is -4.08. The van der Waals surface area contributed by atoms with Gasteiger partial charge in [-0.1, -0.05) is 61.9 Å². The highest BCUT2D eigenvalue weighted by molar-refractivity contribution is 7.86. The van der Waals surface area contributed by atoms with E-state index in [4.69, 9.17) is 11.5 Å². The number of hydrogen-bond acceptors (Lipinski definition) is 4. The Morgan fingerprint density at radius 3 is 2.18 bits per heavy atom. The van der Waals surface area contributed by atoms with Crippen molar-refractivity contribution in [1.82, 2.24) is 0 Å². The van der Waals surface area contributed by atoms with Crippen LogP contribution in [0.15, 0.2) is 64.5 Å². The van der Waals surface area contributed by atoms with E-state index < -0.39 is 25.9 Å². The topological polar surface area (TPSA) is 136 Å². The van der Waals surface area contributed by atoms with Gasteiger partial charge >= 0.3 is 16.0 Å². The second kappa shape index (κ2) is 12.0. The molecule has 0 aliphatic carbocycles. The van der Waals surface area contributed by atoms with Gasteiger partial charge in [-0.05, 0) is 31.9 Å². The largest absolute Gasteiger partial charge is 0.477 e. The number of unbranched alkanes of at least 4 members (excludes halogenated alkanes) is 1. The average molecular weight is 490 g/mol. The van der Waals surface area contributed by atoms with Crippen LogP contribution < -0.4 is 11.5 Å². The maximum Gasteiger partial charge on any atom is 0.363 e. The predicted molar refractivity (Wildman–Crippen MR) is 134 cm³/mol. The summed E-state index contributed by atoms with van der Waals surface area (Å²) >= 11 is 0. The van der Waals surface area contributed by atoms with E-state index in [1.165, 1.54) is 0 Å². The van der Waals surface area contributed by atoms with Crippen LogP contribution in [0.1, 0.15) is 44.2 Å². The fourth-order valence-electron chi connectivity index (χ4n) is 4.30. The quantitative estimate of drug-likeness (QED) is 0.171. The lowest BCUT2D eigenvalue weighted by atomic mass is 10.0. The summed E-state index contributed by atoms with van der Waals surface area (Å²) in [7, 11) is -4.08. The van der Waals surface area contributed by atoms with Crippen molar-refractivity contribution in [2.75, 3.05) is 13.1 Å². The van der Waals surface area contributed by atoms with Crippen LogP contribution in [0.25, 0.3) is 0 Å². The Kier molecular flexibility index (Phi) is 9.64. The predicted octanol–water partition coefficient (Wildman–Crippen LogP) is 3.25. The normalized spacial score (nSPS) is 14.4. The number of nitrogens with zero attached hydrogens (tertiary/aromatic N) is 2. The molecular formula is C25H37N4O4S+. The molecule has 2 atom stereocenters. The lowest BCUT2D eigenvalue weighted by Crippen LogP contribution is -2.62. The third kappa shape index (κ3) is 6.80. The van der Waals surface area contributed by atoms with Gasteiger partial charge in [-0.25, -0.2) is 4.79 Å². The van der Waals surface area contributed by atoms with Gasteiger partial charge in [0.25, 0.3) is 0 Å². The van der Waals surface area contributed by atoms with Gasteiger partial charge in [0, 0.05) is 24.4 Å². The summed E-state index contributed by atoms with van der Waals surface area (Å²) in [6.07, 6.45) is 1.21. The number of aliphatic imine (C=N–C) groups is 1. The third-order valence-electron chi connectivity index (χ3n) is 5.80. The second-order valence-corrected chi connectivity index (χ2v) is 11.3. The van der Waals surface area contributed by atoms with Crippen molar-refractivity contribution in [2.45, 2.75) is 57.5 Å². The zero-order valence-electron chi connectivity index (χ0n) is 20.2. The molecule has 0 radical (unpaired) electrons. The Morgan fingerprint density at radius 2 is 1.65 bits per heavy atom. The van der Waals surface area contributed by atoms with Crippen molar-refractivity contribution in [3.05, 3.63) is 65.7 Å². The highest BCUT2D eigenvalue weighted by atomic mass is 32.2. The van der Waals surface area contributed by atoms with Crippen LogP contribution in [0.5, 0.6) is 0 Å². The van der Waals surface area contributed by atoms with Crippen LogP contribution in [0.4, 0.5) is 0 Å². The molecule has 2 unspecified atom stereocenters. The number of nitrogens with two attached hydrogens (primary N) is 2. The van der Waals surface area contributed by atoms with Crippen molar-refractivity contribution in [1.29, 1.82) is 0 Å². The molecule has 9 heteroatoms. The fourth-order valence-corrected chi connectivity index (χ4v) is 6.54. The Morgan fingerprint density at radius 1 is 1.03 bits per heavy atom. The van der Waals surface area contributed by atoms with Crippen LogP contribution in [0.3, 0.4) is 0 Å². The highest BCUT2D eigenvalue weighted by Crippen LogP contribution is 2.35. The number of quaternary nitrogens is 1. The molecule has 0 aliphatic heterocycles. The SMILES string of the molecule is Cc1ccc(S(=O)(=O)[N+](Cc2ccccc2)(CC(C)C)C(CCCCN=C(N)N)C(=O)O)cc1. The van der Waals surface area contributed by atoms with E-state index in [1.54, 1.807) is 24.3 Å². The second-order valence-electron chi connectivity index (χ2n) is 9.12. The molecule has 2 aromatic rings. The van der Waals surface area contributed by atoms with Gasteiger partial charge in [-0.15, -0.1) is 0 Å². The van der Waals surface area contributed by atoms with Gasteiger partial charge in [0.1, 0.15) is 11.4 Å². The number of carbonyl (C=O) groups is 1. The molecule has 5 N–H and O–H groups in total. The summed E-state index contributed by atoms with van der Waals surface area (Å²) in [5.74, 6) is -1.22. The van der Waals surface area contributed by atoms with Gasteiger partial charge in [0.2, 0.25) is 6.04 Å². The lowest BCUT2D eigenvalue weighted by Gasteiger charge is -2.42. The molecule has 0 amide bonds. The molecule has 8 nitrogen and oxygen atoms in total. The van der Waals surface area contributed by atoms with E-state index in [1.807, 2.05) is 51.1 Å². The molecule has 2 rings (SSSR count). The third-order valence-corrected chi connectivity index (χ3v) is 8.16. The molecule has 2 aromatic carbocycles. The Hall–Kier alpha value is -2.91. The Balaban J connectivity index is 2.62. The zero-order chi connectivity index (χ0) is 25.4. The van der Waals surface area contributed by atoms with Gasteiger partial charge in [0.15, 0.2) is 5.96 Å². The van der Waals surface area contributed by atoms with Crippen LogP contribution in [0.2, 0.25) is 0 Å². The first-order chi connectivity index (χ1) is 16.0. The van der Waals surface area contributed by atoms with E-state index in [0.29, 0.717) is 19.4 Å². The lowest BCUT2D eigenvalue weighted by molar-refractivity contribution is -0.841. The molecule has 0 bridgehead atoms.